The maximum atomic E-state index is 13.2. The summed E-state index contributed by atoms with van der Waals surface area (Å²) in [6.07, 6.45) is 3.56. The molecule has 2 aromatic carbocycles. The summed E-state index contributed by atoms with van der Waals surface area (Å²) in [6.45, 7) is -0.250. The molecule has 1 aliphatic carbocycles. The number of ether oxygens (including phenoxy) is 2. The lowest BCUT2D eigenvalue weighted by Crippen LogP contribution is -2.47. The van der Waals surface area contributed by atoms with E-state index in [9.17, 15) is 22.7 Å². The van der Waals surface area contributed by atoms with Crippen molar-refractivity contribution in [3.8, 4) is 5.75 Å². The standard InChI is InChI=1S/C25H29FN2O6S/c26-15-5-8-19(9-6-15)35(31,32)28-17-7-10-22-20(11-17)21-12-18(33-23(14-29)25(21)34-22)13-24(30)27-16-3-1-2-4-16/h5-11,16,18,21,23,25,28-29H,1-4,12-14H2,(H,27,30)/t18-,21-,23+,25+/m0/s1. The van der Waals surface area contributed by atoms with Crippen LogP contribution < -0.4 is 14.8 Å². The molecule has 2 heterocycles. The van der Waals surface area contributed by atoms with Gasteiger partial charge in [0.2, 0.25) is 5.91 Å². The molecule has 5 rings (SSSR count). The number of carbonyl (C=O) groups excluding carboxylic acids is 1. The molecule has 8 nitrogen and oxygen atoms in total. The molecule has 35 heavy (non-hydrogen) atoms. The number of amides is 1. The van der Waals surface area contributed by atoms with E-state index in [1.807, 2.05) is 0 Å². The van der Waals surface area contributed by atoms with Crippen molar-refractivity contribution in [1.82, 2.24) is 5.32 Å². The molecule has 0 unspecified atom stereocenters. The summed E-state index contributed by atoms with van der Waals surface area (Å²) < 4.78 is 53.3. The van der Waals surface area contributed by atoms with E-state index in [1.54, 1.807) is 18.2 Å². The highest BCUT2D eigenvalue weighted by atomic mass is 32.2. The number of fused-ring (bicyclic) bond motifs is 3. The lowest BCUT2D eigenvalue weighted by molar-refractivity contribution is -0.142. The summed E-state index contributed by atoms with van der Waals surface area (Å²) in [6, 6.07) is 9.82. The molecule has 0 bridgehead atoms. The van der Waals surface area contributed by atoms with Crippen LogP contribution in [0.5, 0.6) is 5.75 Å². The van der Waals surface area contributed by atoms with Crippen LogP contribution in [0.1, 0.15) is 50.0 Å². The van der Waals surface area contributed by atoms with E-state index in [0.717, 1.165) is 43.4 Å². The number of aliphatic hydroxyl groups is 1. The van der Waals surface area contributed by atoms with Gasteiger partial charge in [-0.3, -0.25) is 9.52 Å². The average molecular weight is 505 g/mol. The van der Waals surface area contributed by atoms with Crippen LogP contribution >= 0.6 is 0 Å². The highest BCUT2D eigenvalue weighted by molar-refractivity contribution is 7.92. The first kappa shape index (κ1) is 24.0. The molecule has 2 aliphatic heterocycles. The second-order valence-corrected chi connectivity index (χ2v) is 11.2. The molecule has 1 saturated carbocycles. The van der Waals surface area contributed by atoms with E-state index >= 15 is 0 Å². The minimum atomic E-state index is -3.91. The van der Waals surface area contributed by atoms with Gasteiger partial charge in [-0.15, -0.1) is 0 Å². The predicted octanol–water partition coefficient (Wildman–Crippen LogP) is 3.07. The molecule has 10 heteroatoms. The van der Waals surface area contributed by atoms with E-state index in [1.165, 1.54) is 12.1 Å². The minimum absolute atomic E-state index is 0.0479. The van der Waals surface area contributed by atoms with E-state index in [2.05, 4.69) is 10.0 Å². The Morgan fingerprint density at radius 2 is 1.86 bits per heavy atom. The van der Waals surface area contributed by atoms with Gasteiger partial charge in [-0.25, -0.2) is 12.8 Å². The van der Waals surface area contributed by atoms with Crippen LogP contribution in [0.4, 0.5) is 10.1 Å². The van der Waals surface area contributed by atoms with Crippen LogP contribution in [0.3, 0.4) is 0 Å². The van der Waals surface area contributed by atoms with E-state index in [-0.39, 0.29) is 41.9 Å². The van der Waals surface area contributed by atoms with E-state index < -0.39 is 28.0 Å². The number of halogens is 1. The van der Waals surface area contributed by atoms with Crippen molar-refractivity contribution in [2.24, 2.45) is 0 Å². The number of anilines is 1. The van der Waals surface area contributed by atoms with Crippen molar-refractivity contribution in [3.05, 3.63) is 53.8 Å². The first-order valence-corrected chi connectivity index (χ1v) is 13.5. The zero-order chi connectivity index (χ0) is 24.6. The number of aliphatic hydroxyl groups excluding tert-OH is 1. The van der Waals surface area contributed by atoms with Crippen LogP contribution in [-0.2, 0) is 19.6 Å². The van der Waals surface area contributed by atoms with Crippen molar-refractivity contribution in [1.29, 1.82) is 0 Å². The Morgan fingerprint density at radius 1 is 1.11 bits per heavy atom. The summed E-state index contributed by atoms with van der Waals surface area (Å²) in [5.74, 6) is -0.135. The summed E-state index contributed by atoms with van der Waals surface area (Å²) in [7, 11) is -3.91. The molecule has 0 spiro atoms. The summed E-state index contributed by atoms with van der Waals surface area (Å²) in [5.41, 5.74) is 1.15. The fraction of sp³-hybridized carbons (Fsp3) is 0.480. The van der Waals surface area contributed by atoms with Crippen molar-refractivity contribution in [2.75, 3.05) is 11.3 Å². The third kappa shape index (κ3) is 5.14. The second kappa shape index (κ2) is 9.75. The third-order valence-electron chi connectivity index (χ3n) is 7.01. The molecular formula is C25H29FN2O6S. The molecule has 188 valence electrons. The van der Waals surface area contributed by atoms with E-state index in [0.29, 0.717) is 17.9 Å². The Bertz CT molecular complexity index is 1180. The Morgan fingerprint density at radius 3 is 2.57 bits per heavy atom. The van der Waals surface area contributed by atoms with E-state index in [4.69, 9.17) is 9.47 Å². The van der Waals surface area contributed by atoms with Gasteiger partial charge in [0.15, 0.2) is 0 Å². The highest BCUT2D eigenvalue weighted by Crippen LogP contribution is 2.47. The topological polar surface area (TPSA) is 114 Å². The Labute approximate surface area is 203 Å². The quantitative estimate of drug-likeness (QED) is 0.534. The van der Waals surface area contributed by atoms with Crippen LogP contribution in [0.25, 0.3) is 0 Å². The van der Waals surface area contributed by atoms with Gasteiger partial charge in [-0.2, -0.15) is 0 Å². The van der Waals surface area contributed by atoms with Crippen LogP contribution in [0.2, 0.25) is 0 Å². The number of nitrogens with one attached hydrogen (secondary N) is 2. The number of sulfonamides is 1. The Balaban J connectivity index is 1.32. The molecular weight excluding hydrogens is 475 g/mol. The predicted molar refractivity (Wildman–Crippen MR) is 126 cm³/mol. The molecule has 4 atom stereocenters. The summed E-state index contributed by atoms with van der Waals surface area (Å²) in [5, 5.41) is 13.0. The molecule has 2 fully saturated rings. The lowest BCUT2D eigenvalue weighted by Gasteiger charge is -2.37. The second-order valence-electron chi connectivity index (χ2n) is 9.47. The lowest BCUT2D eigenvalue weighted by atomic mass is 9.84. The molecule has 1 saturated heterocycles. The monoisotopic (exact) mass is 504 g/mol. The van der Waals surface area contributed by atoms with Crippen LogP contribution in [0.15, 0.2) is 47.4 Å². The maximum Gasteiger partial charge on any atom is 0.261 e. The van der Waals surface area contributed by atoms with Crippen LogP contribution in [-0.4, -0.2) is 50.4 Å². The molecule has 1 amide bonds. The maximum absolute atomic E-state index is 13.2. The van der Waals surface area contributed by atoms with Crippen molar-refractivity contribution >= 4 is 21.6 Å². The van der Waals surface area contributed by atoms with Gasteiger partial charge in [0, 0.05) is 23.2 Å². The minimum Gasteiger partial charge on any atom is -0.487 e. The SMILES string of the molecule is O=C(C[C@@H]1C[C@H]2c3cc(NS(=O)(=O)c4ccc(F)cc4)ccc3O[C@H]2[C@@H](CO)O1)NC1CCCC1. The molecule has 0 aromatic heterocycles. The molecule has 2 aromatic rings. The number of carbonyl (C=O) groups is 1. The average Bonchev–Trinajstić information content (AvgIpc) is 3.46. The van der Waals surface area contributed by atoms with Gasteiger partial charge >= 0.3 is 0 Å². The van der Waals surface area contributed by atoms with Crippen molar-refractivity contribution in [2.45, 2.75) is 73.7 Å². The summed E-state index contributed by atoms with van der Waals surface area (Å²) >= 11 is 0. The van der Waals surface area contributed by atoms with Gasteiger partial charge in [0.25, 0.3) is 10.0 Å². The van der Waals surface area contributed by atoms with Gasteiger partial charge in [-0.1, -0.05) is 12.8 Å². The Hall–Kier alpha value is -2.69. The van der Waals surface area contributed by atoms with Crippen molar-refractivity contribution < 1.29 is 32.2 Å². The van der Waals surface area contributed by atoms with Gasteiger partial charge in [0.05, 0.1) is 24.0 Å². The normalized spacial score (nSPS) is 26.0. The fourth-order valence-electron chi connectivity index (χ4n) is 5.34. The number of rotatable bonds is 7. The van der Waals surface area contributed by atoms with Gasteiger partial charge < -0.3 is 19.9 Å². The number of hydrogen-bond donors (Lipinski definition) is 3. The third-order valence-corrected chi connectivity index (χ3v) is 8.41. The largest absolute Gasteiger partial charge is 0.487 e. The number of hydrogen-bond acceptors (Lipinski definition) is 6. The van der Waals surface area contributed by atoms with Gasteiger partial charge in [0.1, 0.15) is 23.8 Å². The molecule has 3 N–H and O–H groups in total. The number of benzene rings is 2. The van der Waals surface area contributed by atoms with Gasteiger partial charge in [-0.05, 0) is 61.7 Å². The Kier molecular flexibility index (Phi) is 6.69. The smallest absolute Gasteiger partial charge is 0.261 e. The van der Waals surface area contributed by atoms with Crippen molar-refractivity contribution in [3.63, 3.8) is 0 Å². The molecule has 3 aliphatic rings. The zero-order valence-corrected chi connectivity index (χ0v) is 20.0. The summed E-state index contributed by atoms with van der Waals surface area (Å²) in [4.78, 5) is 12.5. The fourth-order valence-corrected chi connectivity index (χ4v) is 6.39. The zero-order valence-electron chi connectivity index (χ0n) is 19.2. The first-order chi connectivity index (χ1) is 16.8. The molecule has 0 radical (unpaired) electrons. The first-order valence-electron chi connectivity index (χ1n) is 12.0. The highest BCUT2D eigenvalue weighted by Gasteiger charge is 2.46. The van der Waals surface area contributed by atoms with Crippen LogP contribution in [0, 0.1) is 5.82 Å².